The molecule has 6 nitrogen and oxygen atoms in total. The topological polar surface area (TPSA) is 99.3 Å². The van der Waals surface area contributed by atoms with Crippen LogP contribution in [0.4, 0.5) is 11.4 Å². The third-order valence-corrected chi connectivity index (χ3v) is 15.7. The Bertz CT molecular complexity index is 1590. The van der Waals surface area contributed by atoms with Gasteiger partial charge in [-0.1, -0.05) is 26.2 Å². The molecule has 2 aliphatic carbocycles. The fraction of sp³-hybridized carbons (Fsp3) is 0.143. The summed E-state index contributed by atoms with van der Waals surface area (Å²) < 4.78 is 0.859. The lowest BCUT2D eigenvalue weighted by atomic mass is 10.1. The zero-order valence-corrected chi connectivity index (χ0v) is 25.0. The number of halogens is 1. The second kappa shape index (κ2) is 9.00. The van der Waals surface area contributed by atoms with Crippen LogP contribution in [0, 0.1) is 3.57 Å². The maximum atomic E-state index is 11.6. The number of carbonyl (C=O) groups is 2. The van der Waals surface area contributed by atoms with E-state index in [1.807, 2.05) is 12.1 Å². The molecular weight excluding hydrogens is 611 g/mol. The van der Waals surface area contributed by atoms with E-state index in [9.17, 15) is 19.8 Å². The van der Waals surface area contributed by atoms with Crippen LogP contribution in [0.2, 0.25) is 26.2 Å². The molecule has 9 heteroatoms. The first kappa shape index (κ1) is 25.5. The molecule has 2 aromatic rings. The Morgan fingerprint density at radius 2 is 1.27 bits per heavy atom. The van der Waals surface area contributed by atoms with Crippen molar-refractivity contribution in [2.75, 3.05) is 0 Å². The van der Waals surface area contributed by atoms with Crippen molar-refractivity contribution >= 4 is 83.5 Å². The highest BCUT2D eigenvalue weighted by molar-refractivity contribution is 14.1. The molecule has 37 heavy (non-hydrogen) atoms. The van der Waals surface area contributed by atoms with Gasteiger partial charge in [0.2, 0.25) is 0 Å². The van der Waals surface area contributed by atoms with Gasteiger partial charge < -0.3 is 10.2 Å². The van der Waals surface area contributed by atoms with Gasteiger partial charge in [-0.25, -0.2) is 9.98 Å². The standard InChI is InChI=1S/C14H12INO2Si.C14H13NO2Si/c1-19(2)12-7-8(17)3-4-9(12)16-10-5-6-11(18)13(15)14(10)19;1-18(2)13-7-9(16)3-5-11(13)15-12-6-4-10(17)8-14(12)18/h3-7,18H,1-2H3;3-8,16H,1-2H3. The first-order chi connectivity index (χ1) is 17.4. The van der Waals surface area contributed by atoms with Crippen LogP contribution < -0.4 is 10.4 Å². The number of nitrogens with zero attached hydrogens (tertiary/aromatic N) is 2. The van der Waals surface area contributed by atoms with Crippen molar-refractivity contribution in [2.24, 2.45) is 9.98 Å². The Kier molecular flexibility index (Phi) is 6.20. The molecule has 0 amide bonds. The van der Waals surface area contributed by atoms with Crippen molar-refractivity contribution in [1.82, 2.24) is 0 Å². The molecule has 186 valence electrons. The third kappa shape index (κ3) is 4.34. The van der Waals surface area contributed by atoms with Gasteiger partial charge in [-0.05, 0) is 110 Å². The minimum atomic E-state index is -2.00. The molecule has 2 aliphatic heterocycles. The van der Waals surface area contributed by atoms with Gasteiger partial charge in [-0.2, -0.15) is 0 Å². The molecule has 0 saturated heterocycles. The molecule has 4 aliphatic rings. The average molecular weight is 637 g/mol. The molecule has 0 unspecified atom stereocenters. The number of carbonyl (C=O) groups excluding carboxylic acids is 2. The smallest absolute Gasteiger partial charge is 0.178 e. The second-order valence-corrected chi connectivity index (χ2v) is 20.0. The molecule has 2 N–H and O–H groups in total. The normalized spacial score (nSPS) is 19.6. The molecule has 0 spiro atoms. The summed E-state index contributed by atoms with van der Waals surface area (Å²) in [5, 5.41) is 23.9. The number of rotatable bonds is 0. The lowest BCUT2D eigenvalue weighted by Gasteiger charge is -2.33. The fourth-order valence-electron chi connectivity index (χ4n) is 5.13. The number of allylic oxidation sites excluding steroid dienone is 8. The maximum absolute atomic E-state index is 11.6. The van der Waals surface area contributed by atoms with Crippen molar-refractivity contribution in [3.05, 3.63) is 80.8 Å². The van der Waals surface area contributed by atoms with E-state index >= 15 is 0 Å². The highest BCUT2D eigenvalue weighted by Gasteiger charge is 2.40. The van der Waals surface area contributed by atoms with E-state index in [0.717, 1.165) is 47.1 Å². The van der Waals surface area contributed by atoms with E-state index in [4.69, 9.17) is 0 Å². The molecule has 0 atom stereocenters. The van der Waals surface area contributed by atoms with E-state index in [2.05, 4.69) is 58.8 Å². The van der Waals surface area contributed by atoms with Crippen molar-refractivity contribution in [2.45, 2.75) is 26.2 Å². The summed E-state index contributed by atoms with van der Waals surface area (Å²) in [5.74, 6) is 0.587. The van der Waals surface area contributed by atoms with Gasteiger partial charge in [0.05, 0.1) is 26.4 Å². The summed E-state index contributed by atoms with van der Waals surface area (Å²) >= 11 is 2.17. The molecule has 2 aromatic carbocycles. The quantitative estimate of drug-likeness (QED) is 0.251. The predicted octanol–water partition coefficient (Wildman–Crippen LogP) is 4.60. The average Bonchev–Trinajstić information content (AvgIpc) is 2.84. The summed E-state index contributed by atoms with van der Waals surface area (Å²) in [5.41, 5.74) is 3.62. The van der Waals surface area contributed by atoms with Crippen LogP contribution in [0.5, 0.6) is 11.5 Å². The Balaban J connectivity index is 0.000000152. The van der Waals surface area contributed by atoms with E-state index in [-0.39, 0.29) is 23.1 Å². The lowest BCUT2D eigenvalue weighted by Crippen LogP contribution is -2.50. The summed E-state index contributed by atoms with van der Waals surface area (Å²) in [6.07, 6.45) is 10.1. The number of hydrogen-bond acceptors (Lipinski definition) is 6. The number of hydrogen-bond donors (Lipinski definition) is 2. The van der Waals surface area contributed by atoms with E-state index in [1.54, 1.807) is 54.7 Å². The zero-order valence-electron chi connectivity index (χ0n) is 20.8. The molecule has 6 rings (SSSR count). The molecule has 0 saturated carbocycles. The van der Waals surface area contributed by atoms with Crippen LogP contribution in [0.1, 0.15) is 0 Å². The largest absolute Gasteiger partial charge is 0.508 e. The number of benzene rings is 2. The summed E-state index contributed by atoms with van der Waals surface area (Å²) in [6.45, 7) is 8.75. The summed E-state index contributed by atoms with van der Waals surface area (Å²) in [4.78, 5) is 32.4. The van der Waals surface area contributed by atoms with E-state index in [0.29, 0.717) is 0 Å². The Morgan fingerprint density at radius 3 is 1.89 bits per heavy atom. The lowest BCUT2D eigenvalue weighted by molar-refractivity contribution is -0.111. The van der Waals surface area contributed by atoms with Gasteiger partial charge in [0, 0.05) is 0 Å². The zero-order chi connectivity index (χ0) is 26.7. The SMILES string of the molecule is C[Si]1(C)C2=CC(=O)C=CC2=Nc2ccc(O)c(I)c21.C[Si]1(C)C2=CC(=O)C=CC2=Nc2ccc(O)cc21. The van der Waals surface area contributed by atoms with Crippen LogP contribution in [-0.2, 0) is 9.59 Å². The molecular formula is C28H25IN2O4Si2. The molecule has 0 bridgehead atoms. The number of fused-ring (bicyclic) bond motifs is 4. The van der Waals surface area contributed by atoms with Gasteiger partial charge in [-0.3, -0.25) is 9.59 Å². The van der Waals surface area contributed by atoms with Gasteiger partial charge in [0.1, 0.15) is 27.6 Å². The number of aromatic hydroxyl groups is 2. The summed E-state index contributed by atoms with van der Waals surface area (Å²) in [7, 11) is -3.95. The van der Waals surface area contributed by atoms with Gasteiger partial charge in [0.25, 0.3) is 0 Å². The van der Waals surface area contributed by atoms with Gasteiger partial charge in [-0.15, -0.1) is 0 Å². The van der Waals surface area contributed by atoms with Crippen LogP contribution in [-0.4, -0.2) is 49.4 Å². The fourth-order valence-corrected chi connectivity index (χ4v) is 13.5. The van der Waals surface area contributed by atoms with Gasteiger partial charge >= 0.3 is 0 Å². The maximum Gasteiger partial charge on any atom is 0.178 e. The monoisotopic (exact) mass is 636 g/mol. The number of phenolic OH excluding ortho intramolecular Hbond substituents is 2. The first-order valence-corrected chi connectivity index (χ1v) is 18.9. The Hall–Kier alpha value is -3.16. The van der Waals surface area contributed by atoms with Gasteiger partial charge in [0.15, 0.2) is 11.6 Å². The second-order valence-electron chi connectivity index (χ2n) is 10.3. The molecule has 0 radical (unpaired) electrons. The minimum Gasteiger partial charge on any atom is -0.508 e. The third-order valence-electron chi connectivity index (χ3n) is 7.14. The predicted molar refractivity (Wildman–Crippen MR) is 162 cm³/mol. The Morgan fingerprint density at radius 1 is 0.730 bits per heavy atom. The summed E-state index contributed by atoms with van der Waals surface area (Å²) in [6, 6.07) is 8.82. The first-order valence-electron chi connectivity index (χ1n) is 11.8. The van der Waals surface area contributed by atoms with Crippen LogP contribution in [0.15, 0.2) is 87.2 Å². The Labute approximate surface area is 230 Å². The van der Waals surface area contributed by atoms with Crippen LogP contribution in [0.25, 0.3) is 0 Å². The molecule has 0 aromatic heterocycles. The highest BCUT2D eigenvalue weighted by atomic mass is 127. The molecule has 2 heterocycles. The van der Waals surface area contributed by atoms with Crippen LogP contribution >= 0.6 is 22.6 Å². The van der Waals surface area contributed by atoms with Crippen LogP contribution in [0.3, 0.4) is 0 Å². The van der Waals surface area contributed by atoms with E-state index in [1.165, 1.54) is 0 Å². The highest BCUT2D eigenvalue weighted by Crippen LogP contribution is 2.35. The number of phenols is 2. The molecule has 0 fully saturated rings. The van der Waals surface area contributed by atoms with Crippen molar-refractivity contribution in [3.63, 3.8) is 0 Å². The number of aliphatic imine (C=N–C) groups is 2. The van der Waals surface area contributed by atoms with E-state index < -0.39 is 16.1 Å². The number of ketones is 2. The van der Waals surface area contributed by atoms with Crippen molar-refractivity contribution < 1.29 is 19.8 Å². The van der Waals surface area contributed by atoms with Crippen molar-refractivity contribution in [3.8, 4) is 11.5 Å². The van der Waals surface area contributed by atoms with Crippen molar-refractivity contribution in [1.29, 1.82) is 0 Å². The minimum absolute atomic E-state index is 0.0214.